The SMILES string of the molecule is O=C(Cc1ccc([N+](=O)[O-])cc1)c1c[nH]c2ccccc12. The summed E-state index contributed by atoms with van der Waals surface area (Å²) in [5.74, 6) is -0.0127. The first-order chi connectivity index (χ1) is 10.1. The molecule has 3 rings (SSSR count). The van der Waals surface area contributed by atoms with Crippen molar-refractivity contribution in [2.75, 3.05) is 0 Å². The summed E-state index contributed by atoms with van der Waals surface area (Å²) < 4.78 is 0. The van der Waals surface area contributed by atoms with Crippen LogP contribution in [0.4, 0.5) is 5.69 Å². The van der Waals surface area contributed by atoms with Crippen LogP contribution in [0.2, 0.25) is 0 Å². The molecule has 0 atom stereocenters. The van der Waals surface area contributed by atoms with E-state index >= 15 is 0 Å². The smallest absolute Gasteiger partial charge is 0.269 e. The number of Topliss-reactive ketones (excluding diaryl/α,β-unsaturated/α-hetero) is 1. The fourth-order valence-electron chi connectivity index (χ4n) is 2.32. The maximum atomic E-state index is 12.4. The van der Waals surface area contributed by atoms with Gasteiger partial charge in [0.25, 0.3) is 5.69 Å². The van der Waals surface area contributed by atoms with E-state index in [1.807, 2.05) is 24.3 Å². The average Bonchev–Trinajstić information content (AvgIpc) is 2.92. The van der Waals surface area contributed by atoms with Crippen LogP contribution in [0.25, 0.3) is 10.9 Å². The molecule has 0 radical (unpaired) electrons. The van der Waals surface area contributed by atoms with Gasteiger partial charge < -0.3 is 4.98 Å². The summed E-state index contributed by atoms with van der Waals surface area (Å²) in [5.41, 5.74) is 2.35. The molecule has 2 aromatic carbocycles. The first-order valence-electron chi connectivity index (χ1n) is 6.48. The number of ketones is 1. The molecule has 1 heterocycles. The topological polar surface area (TPSA) is 76.0 Å². The number of nitro groups is 1. The second-order valence-electron chi connectivity index (χ2n) is 4.77. The van der Waals surface area contributed by atoms with Crippen LogP contribution in [0.1, 0.15) is 15.9 Å². The van der Waals surface area contributed by atoms with Crippen molar-refractivity contribution in [3.05, 3.63) is 76.0 Å². The molecule has 5 nitrogen and oxygen atoms in total. The number of carbonyl (C=O) groups is 1. The van der Waals surface area contributed by atoms with Gasteiger partial charge in [0.15, 0.2) is 5.78 Å². The molecule has 0 bridgehead atoms. The van der Waals surface area contributed by atoms with E-state index in [0.29, 0.717) is 5.56 Å². The number of nitrogens with one attached hydrogen (secondary N) is 1. The number of aromatic nitrogens is 1. The Morgan fingerprint density at radius 2 is 1.81 bits per heavy atom. The lowest BCUT2D eigenvalue weighted by Gasteiger charge is -2.00. The van der Waals surface area contributed by atoms with Crippen molar-refractivity contribution in [1.29, 1.82) is 0 Å². The standard InChI is InChI=1S/C16H12N2O3/c19-16(9-11-5-7-12(8-6-11)18(20)21)14-10-17-15-4-2-1-3-13(14)15/h1-8,10,17H,9H2. The molecule has 0 unspecified atom stereocenters. The van der Waals surface area contributed by atoms with Gasteiger partial charge >= 0.3 is 0 Å². The highest BCUT2D eigenvalue weighted by atomic mass is 16.6. The van der Waals surface area contributed by atoms with Gasteiger partial charge in [-0.3, -0.25) is 14.9 Å². The number of hydrogen-bond donors (Lipinski definition) is 1. The molecule has 0 aliphatic rings. The first kappa shape index (κ1) is 13.1. The molecular formula is C16H12N2O3. The zero-order chi connectivity index (χ0) is 14.8. The number of nitrogens with zero attached hydrogens (tertiary/aromatic N) is 1. The first-order valence-corrected chi connectivity index (χ1v) is 6.48. The minimum absolute atomic E-state index is 0.0127. The summed E-state index contributed by atoms with van der Waals surface area (Å²) in [6.07, 6.45) is 1.93. The third kappa shape index (κ3) is 2.53. The van der Waals surface area contributed by atoms with Crippen molar-refractivity contribution in [3.8, 4) is 0 Å². The number of para-hydroxylation sites is 1. The van der Waals surface area contributed by atoms with E-state index in [2.05, 4.69) is 4.98 Å². The van der Waals surface area contributed by atoms with Gasteiger partial charge in [-0.2, -0.15) is 0 Å². The number of hydrogen-bond acceptors (Lipinski definition) is 3. The van der Waals surface area contributed by atoms with Crippen molar-refractivity contribution in [1.82, 2.24) is 4.98 Å². The quantitative estimate of drug-likeness (QED) is 0.451. The lowest BCUT2D eigenvalue weighted by molar-refractivity contribution is -0.384. The van der Waals surface area contributed by atoms with Gasteiger partial charge in [-0.25, -0.2) is 0 Å². The molecule has 0 saturated carbocycles. The lowest BCUT2D eigenvalue weighted by atomic mass is 10.0. The fraction of sp³-hybridized carbons (Fsp3) is 0.0625. The van der Waals surface area contributed by atoms with Gasteiger partial charge in [-0.05, 0) is 11.6 Å². The van der Waals surface area contributed by atoms with E-state index < -0.39 is 4.92 Å². The molecule has 0 aliphatic carbocycles. The van der Waals surface area contributed by atoms with Crippen molar-refractivity contribution in [3.63, 3.8) is 0 Å². The Hall–Kier alpha value is -2.95. The second-order valence-corrected chi connectivity index (χ2v) is 4.77. The molecular weight excluding hydrogens is 268 g/mol. The number of carbonyl (C=O) groups excluding carboxylic acids is 1. The van der Waals surface area contributed by atoms with Crippen LogP contribution in [0, 0.1) is 10.1 Å². The predicted molar refractivity (Wildman–Crippen MR) is 79.4 cm³/mol. The lowest BCUT2D eigenvalue weighted by Crippen LogP contribution is -2.02. The molecule has 1 aromatic heterocycles. The van der Waals surface area contributed by atoms with Gasteiger partial charge in [0.05, 0.1) is 4.92 Å². The average molecular weight is 280 g/mol. The molecule has 0 spiro atoms. The zero-order valence-corrected chi connectivity index (χ0v) is 11.1. The molecule has 0 saturated heterocycles. The molecule has 3 aromatic rings. The number of H-pyrrole nitrogens is 1. The number of aromatic amines is 1. The van der Waals surface area contributed by atoms with Crippen molar-refractivity contribution < 1.29 is 9.72 Å². The molecule has 21 heavy (non-hydrogen) atoms. The molecule has 0 aliphatic heterocycles. The highest BCUT2D eigenvalue weighted by molar-refractivity contribution is 6.08. The molecule has 104 valence electrons. The highest BCUT2D eigenvalue weighted by Crippen LogP contribution is 2.20. The Morgan fingerprint density at radius 3 is 2.52 bits per heavy atom. The summed E-state index contributed by atoms with van der Waals surface area (Å²) in [6, 6.07) is 13.7. The highest BCUT2D eigenvalue weighted by Gasteiger charge is 2.13. The molecule has 0 fully saturated rings. The fourth-order valence-corrected chi connectivity index (χ4v) is 2.32. The summed E-state index contributed by atoms with van der Waals surface area (Å²) >= 11 is 0. The van der Waals surface area contributed by atoms with Crippen LogP contribution in [0.5, 0.6) is 0 Å². The second kappa shape index (κ2) is 5.20. The third-order valence-electron chi connectivity index (χ3n) is 3.40. The van der Waals surface area contributed by atoms with Crippen LogP contribution in [0.3, 0.4) is 0 Å². The summed E-state index contributed by atoms with van der Waals surface area (Å²) in [6.45, 7) is 0. The third-order valence-corrected chi connectivity index (χ3v) is 3.40. The molecule has 5 heteroatoms. The van der Waals surface area contributed by atoms with Crippen LogP contribution in [-0.4, -0.2) is 15.7 Å². The Kier molecular flexibility index (Phi) is 3.23. The minimum atomic E-state index is -0.453. The van der Waals surface area contributed by atoms with E-state index in [4.69, 9.17) is 0 Å². The number of rotatable bonds is 4. The Bertz CT molecular complexity index is 819. The largest absolute Gasteiger partial charge is 0.360 e. The minimum Gasteiger partial charge on any atom is -0.360 e. The zero-order valence-electron chi connectivity index (χ0n) is 11.1. The van der Waals surface area contributed by atoms with Crippen LogP contribution in [-0.2, 0) is 6.42 Å². The number of benzene rings is 2. The summed E-state index contributed by atoms with van der Waals surface area (Å²) in [5, 5.41) is 11.5. The van der Waals surface area contributed by atoms with E-state index in [0.717, 1.165) is 16.5 Å². The van der Waals surface area contributed by atoms with E-state index in [1.54, 1.807) is 18.3 Å². The Labute approximate surface area is 120 Å². The Balaban J connectivity index is 1.84. The number of nitro benzene ring substituents is 1. The maximum Gasteiger partial charge on any atom is 0.269 e. The van der Waals surface area contributed by atoms with Gasteiger partial charge in [0.2, 0.25) is 0 Å². The Morgan fingerprint density at radius 1 is 1.10 bits per heavy atom. The van der Waals surface area contributed by atoms with E-state index in [-0.39, 0.29) is 17.9 Å². The summed E-state index contributed by atoms with van der Waals surface area (Å²) in [7, 11) is 0. The van der Waals surface area contributed by atoms with Crippen molar-refractivity contribution in [2.24, 2.45) is 0 Å². The van der Waals surface area contributed by atoms with Crippen LogP contribution < -0.4 is 0 Å². The molecule has 0 amide bonds. The monoisotopic (exact) mass is 280 g/mol. The van der Waals surface area contributed by atoms with Crippen LogP contribution >= 0.6 is 0 Å². The van der Waals surface area contributed by atoms with Crippen molar-refractivity contribution in [2.45, 2.75) is 6.42 Å². The van der Waals surface area contributed by atoms with Gasteiger partial charge in [0, 0.05) is 41.2 Å². The van der Waals surface area contributed by atoms with E-state index in [1.165, 1.54) is 12.1 Å². The summed E-state index contributed by atoms with van der Waals surface area (Å²) in [4.78, 5) is 25.6. The number of fused-ring (bicyclic) bond motifs is 1. The van der Waals surface area contributed by atoms with Gasteiger partial charge in [-0.15, -0.1) is 0 Å². The predicted octanol–water partition coefficient (Wildman–Crippen LogP) is 3.50. The van der Waals surface area contributed by atoms with Gasteiger partial charge in [-0.1, -0.05) is 30.3 Å². The normalized spacial score (nSPS) is 10.7. The maximum absolute atomic E-state index is 12.4. The number of non-ortho nitro benzene ring substituents is 1. The van der Waals surface area contributed by atoms with Crippen LogP contribution in [0.15, 0.2) is 54.7 Å². The van der Waals surface area contributed by atoms with Crippen molar-refractivity contribution >= 4 is 22.4 Å². The van der Waals surface area contributed by atoms with Gasteiger partial charge in [0.1, 0.15) is 0 Å². The molecule has 1 N–H and O–H groups in total. The van der Waals surface area contributed by atoms with E-state index in [9.17, 15) is 14.9 Å².